The molecule has 0 unspecified atom stereocenters. The third kappa shape index (κ3) is 6.09. The molecular formula is C18H22N2O2S2. The Morgan fingerprint density at radius 3 is 2.67 bits per heavy atom. The molecule has 0 aliphatic carbocycles. The summed E-state index contributed by atoms with van der Waals surface area (Å²) in [5.74, 6) is 0.825. The number of unbranched alkanes of at least 4 members (excludes halogenated alkanes) is 1. The topological polar surface area (TPSA) is 59.1 Å². The van der Waals surface area contributed by atoms with Gasteiger partial charge in [-0.25, -0.2) is 4.98 Å². The highest BCUT2D eigenvalue weighted by atomic mass is 32.2. The van der Waals surface area contributed by atoms with Crippen molar-refractivity contribution in [2.45, 2.75) is 33.1 Å². The van der Waals surface area contributed by atoms with Crippen molar-refractivity contribution in [1.29, 1.82) is 0 Å². The van der Waals surface area contributed by atoms with Gasteiger partial charge in [0.05, 0.1) is 5.69 Å². The summed E-state index contributed by atoms with van der Waals surface area (Å²) in [7, 11) is 0. The zero-order valence-corrected chi connectivity index (χ0v) is 15.6. The largest absolute Gasteiger partial charge is 0.302 e. The van der Waals surface area contributed by atoms with Gasteiger partial charge in [-0.05, 0) is 12.8 Å². The number of nitrogens with zero attached hydrogens (tertiary/aromatic N) is 1. The van der Waals surface area contributed by atoms with E-state index in [0.717, 1.165) is 29.9 Å². The molecule has 0 radical (unpaired) electrons. The second kappa shape index (κ2) is 9.59. The van der Waals surface area contributed by atoms with E-state index >= 15 is 0 Å². The summed E-state index contributed by atoms with van der Waals surface area (Å²) in [5.41, 5.74) is 1.92. The lowest BCUT2D eigenvalue weighted by Gasteiger charge is -2.04. The van der Waals surface area contributed by atoms with Gasteiger partial charge in [0.15, 0.2) is 10.2 Å². The lowest BCUT2D eigenvalue weighted by molar-refractivity contribution is -0.116. The summed E-state index contributed by atoms with van der Waals surface area (Å²) in [5, 5.41) is 5.63. The summed E-state index contributed by atoms with van der Waals surface area (Å²) >= 11 is 2.79. The van der Waals surface area contributed by atoms with Crippen molar-refractivity contribution in [1.82, 2.24) is 4.98 Å². The van der Waals surface area contributed by atoms with Crippen LogP contribution in [0.4, 0.5) is 5.13 Å². The smallest absolute Gasteiger partial charge is 0.226 e. The Morgan fingerprint density at radius 2 is 1.96 bits per heavy atom. The quantitative estimate of drug-likeness (QED) is 0.683. The number of hydrogen-bond acceptors (Lipinski definition) is 5. The van der Waals surface area contributed by atoms with Crippen LogP contribution in [0.1, 0.15) is 33.1 Å². The molecule has 128 valence electrons. The fourth-order valence-corrected chi connectivity index (χ4v) is 3.60. The molecule has 0 spiro atoms. The molecule has 0 aliphatic heterocycles. The number of anilines is 1. The number of amides is 1. The Kier molecular flexibility index (Phi) is 7.46. The summed E-state index contributed by atoms with van der Waals surface area (Å²) in [4.78, 5) is 27.9. The number of nitrogens with one attached hydrogen (secondary N) is 1. The molecule has 1 aromatic carbocycles. The molecule has 0 saturated heterocycles. The first-order chi connectivity index (χ1) is 11.6. The number of hydrogen-bond donors (Lipinski definition) is 1. The Labute approximate surface area is 151 Å². The van der Waals surface area contributed by atoms with E-state index in [-0.39, 0.29) is 16.9 Å². The summed E-state index contributed by atoms with van der Waals surface area (Å²) < 4.78 is 0. The van der Waals surface area contributed by atoms with Gasteiger partial charge in [-0.3, -0.25) is 9.59 Å². The van der Waals surface area contributed by atoms with Crippen molar-refractivity contribution in [3.63, 3.8) is 0 Å². The summed E-state index contributed by atoms with van der Waals surface area (Å²) in [6.07, 6.45) is 2.10. The van der Waals surface area contributed by atoms with Crippen molar-refractivity contribution in [3.8, 4) is 11.3 Å². The van der Waals surface area contributed by atoms with E-state index in [4.69, 9.17) is 0 Å². The maximum absolute atomic E-state index is 11.9. The maximum atomic E-state index is 11.9. The number of thiazole rings is 1. The van der Waals surface area contributed by atoms with Gasteiger partial charge in [-0.1, -0.05) is 55.9 Å². The summed E-state index contributed by atoms with van der Waals surface area (Å²) in [6, 6.07) is 9.89. The van der Waals surface area contributed by atoms with Crippen LogP contribution in [0.5, 0.6) is 0 Å². The zero-order valence-electron chi connectivity index (χ0n) is 14.0. The number of carbonyl (C=O) groups excluding carboxylic acids is 2. The molecule has 0 fully saturated rings. The maximum Gasteiger partial charge on any atom is 0.226 e. The van der Waals surface area contributed by atoms with Crippen LogP contribution in [0.2, 0.25) is 0 Å². The number of rotatable bonds is 8. The zero-order chi connectivity index (χ0) is 17.4. The van der Waals surface area contributed by atoms with Crippen LogP contribution in [-0.2, 0) is 9.59 Å². The van der Waals surface area contributed by atoms with Gasteiger partial charge in [0.1, 0.15) is 0 Å². The van der Waals surface area contributed by atoms with Crippen molar-refractivity contribution >= 4 is 39.3 Å². The average molecular weight is 363 g/mol. The SMILES string of the molecule is CC(C)C(=O)SCCCCC(=O)Nc1nc(-c2ccccc2)cs1. The van der Waals surface area contributed by atoms with E-state index < -0.39 is 0 Å². The molecule has 0 aliphatic rings. The van der Waals surface area contributed by atoms with Crippen LogP contribution in [0.15, 0.2) is 35.7 Å². The Balaban J connectivity index is 1.70. The predicted octanol–water partition coefficient (Wildman–Crippen LogP) is 4.83. The van der Waals surface area contributed by atoms with Gasteiger partial charge in [0.2, 0.25) is 5.91 Å². The van der Waals surface area contributed by atoms with Crippen molar-refractivity contribution in [2.75, 3.05) is 11.1 Å². The molecule has 0 saturated carbocycles. The third-order valence-electron chi connectivity index (χ3n) is 3.33. The van der Waals surface area contributed by atoms with Crippen LogP contribution in [0, 0.1) is 5.92 Å². The highest BCUT2D eigenvalue weighted by Crippen LogP contribution is 2.24. The minimum absolute atomic E-state index is 0.0239. The fraction of sp³-hybridized carbons (Fsp3) is 0.389. The van der Waals surface area contributed by atoms with Gasteiger partial charge >= 0.3 is 0 Å². The number of thioether (sulfide) groups is 1. The van der Waals surface area contributed by atoms with Gasteiger partial charge in [0, 0.05) is 29.0 Å². The van der Waals surface area contributed by atoms with Gasteiger partial charge in [-0.15, -0.1) is 11.3 Å². The van der Waals surface area contributed by atoms with E-state index in [1.807, 2.05) is 49.6 Å². The highest BCUT2D eigenvalue weighted by molar-refractivity contribution is 8.13. The highest BCUT2D eigenvalue weighted by Gasteiger charge is 2.09. The van der Waals surface area contributed by atoms with E-state index in [2.05, 4.69) is 10.3 Å². The molecule has 1 amide bonds. The Hall–Kier alpha value is -1.66. The Bertz CT molecular complexity index is 669. The molecular weight excluding hydrogens is 340 g/mol. The lowest BCUT2D eigenvalue weighted by Crippen LogP contribution is -2.11. The van der Waals surface area contributed by atoms with Crippen LogP contribution >= 0.6 is 23.1 Å². The molecule has 1 N–H and O–H groups in total. The second-order valence-electron chi connectivity index (χ2n) is 5.73. The van der Waals surface area contributed by atoms with E-state index in [9.17, 15) is 9.59 Å². The molecule has 24 heavy (non-hydrogen) atoms. The first-order valence-electron chi connectivity index (χ1n) is 8.03. The first-order valence-corrected chi connectivity index (χ1v) is 9.90. The van der Waals surface area contributed by atoms with Crippen LogP contribution in [0.25, 0.3) is 11.3 Å². The van der Waals surface area contributed by atoms with Crippen LogP contribution in [0.3, 0.4) is 0 Å². The van der Waals surface area contributed by atoms with Gasteiger partial charge < -0.3 is 5.32 Å². The standard InChI is InChI=1S/C18H22N2O2S2/c1-13(2)17(22)23-11-7-6-10-16(21)20-18-19-15(12-24-18)14-8-4-3-5-9-14/h3-5,8-9,12-13H,6-7,10-11H2,1-2H3,(H,19,20,21). The molecule has 6 heteroatoms. The molecule has 1 heterocycles. The molecule has 2 rings (SSSR count). The van der Waals surface area contributed by atoms with Crippen molar-refractivity contribution < 1.29 is 9.59 Å². The number of benzene rings is 1. The minimum Gasteiger partial charge on any atom is -0.302 e. The monoisotopic (exact) mass is 362 g/mol. The molecule has 1 aromatic heterocycles. The normalized spacial score (nSPS) is 10.8. The first kappa shape index (κ1) is 18.7. The van der Waals surface area contributed by atoms with E-state index in [0.29, 0.717) is 11.6 Å². The van der Waals surface area contributed by atoms with E-state index in [1.165, 1.54) is 23.1 Å². The van der Waals surface area contributed by atoms with Gasteiger partial charge in [0.25, 0.3) is 0 Å². The van der Waals surface area contributed by atoms with Crippen molar-refractivity contribution in [3.05, 3.63) is 35.7 Å². The third-order valence-corrected chi connectivity index (χ3v) is 5.34. The molecule has 0 bridgehead atoms. The van der Waals surface area contributed by atoms with E-state index in [1.54, 1.807) is 0 Å². The average Bonchev–Trinajstić information content (AvgIpc) is 3.03. The lowest BCUT2D eigenvalue weighted by atomic mass is 10.2. The van der Waals surface area contributed by atoms with Gasteiger partial charge in [-0.2, -0.15) is 0 Å². The van der Waals surface area contributed by atoms with Crippen molar-refractivity contribution in [2.24, 2.45) is 5.92 Å². The minimum atomic E-state index is -0.0239. The predicted molar refractivity (Wildman–Crippen MR) is 102 cm³/mol. The molecule has 4 nitrogen and oxygen atoms in total. The molecule has 2 aromatic rings. The fourth-order valence-electron chi connectivity index (χ4n) is 1.98. The van der Waals surface area contributed by atoms with Crippen LogP contribution in [-0.4, -0.2) is 21.8 Å². The number of aromatic nitrogens is 1. The Morgan fingerprint density at radius 1 is 1.21 bits per heavy atom. The van der Waals surface area contributed by atoms with Crippen LogP contribution < -0.4 is 5.32 Å². The second-order valence-corrected chi connectivity index (χ2v) is 7.69. The molecule has 0 atom stereocenters. The number of carbonyl (C=O) groups is 2. The summed E-state index contributed by atoms with van der Waals surface area (Å²) in [6.45, 7) is 3.81.